The lowest BCUT2D eigenvalue weighted by Crippen LogP contribution is -2.40. The summed E-state index contributed by atoms with van der Waals surface area (Å²) >= 11 is 0. The summed E-state index contributed by atoms with van der Waals surface area (Å²) in [5, 5.41) is 30.2. The summed E-state index contributed by atoms with van der Waals surface area (Å²) < 4.78 is 4.80. The Morgan fingerprint density at radius 2 is 2.18 bits per heavy atom. The highest BCUT2D eigenvalue weighted by molar-refractivity contribution is 5.97. The third kappa shape index (κ3) is 3.33. The summed E-state index contributed by atoms with van der Waals surface area (Å²) in [5.74, 6) is -1.45. The summed E-state index contributed by atoms with van der Waals surface area (Å²) in [6.07, 6.45) is 0. The van der Waals surface area contributed by atoms with Crippen LogP contribution in [0.25, 0.3) is 0 Å². The highest BCUT2D eigenvalue weighted by Crippen LogP contribution is 2.27. The smallest absolute Gasteiger partial charge is 0.255 e. The quantitative estimate of drug-likeness (QED) is 0.537. The molecule has 1 unspecified atom stereocenters. The number of benzene rings is 1. The normalized spacial score (nSPS) is 12.1. The number of rotatable bonds is 5. The van der Waals surface area contributed by atoms with Gasteiger partial charge in [0.2, 0.25) is 0 Å². The summed E-state index contributed by atoms with van der Waals surface area (Å²) in [6.45, 7) is -0.124. The van der Waals surface area contributed by atoms with Crippen molar-refractivity contribution in [1.82, 2.24) is 5.32 Å². The number of para-hydroxylation sites is 1. The van der Waals surface area contributed by atoms with Crippen molar-refractivity contribution in [2.45, 2.75) is 6.04 Å². The molecule has 0 heterocycles. The molecule has 1 rings (SSSR count). The molecule has 94 valence electrons. The molecule has 0 saturated carbocycles. The fourth-order valence-corrected chi connectivity index (χ4v) is 1.32. The number of carbonyl (C=O) groups excluding carboxylic acids is 1. The maximum absolute atomic E-state index is 11.7. The van der Waals surface area contributed by atoms with Gasteiger partial charge in [-0.1, -0.05) is 6.07 Å². The molecule has 0 radical (unpaired) electrons. The van der Waals surface area contributed by atoms with E-state index in [9.17, 15) is 15.0 Å². The number of hydrogen-bond donors (Lipinski definition) is 4. The lowest BCUT2D eigenvalue weighted by atomic mass is 10.1. The van der Waals surface area contributed by atoms with Crippen molar-refractivity contribution in [2.24, 2.45) is 0 Å². The number of carbonyl (C=O) groups is 1. The molecule has 0 saturated heterocycles. The zero-order valence-electron chi connectivity index (χ0n) is 9.38. The number of amides is 1. The first-order valence-electron chi connectivity index (χ1n) is 5.01. The number of aliphatic hydroxyl groups excluding tert-OH is 1. The first-order chi connectivity index (χ1) is 8.10. The predicted octanol–water partition coefficient (Wildman–Crippen LogP) is -0.165. The van der Waals surface area contributed by atoms with E-state index < -0.39 is 17.7 Å². The molecule has 0 aliphatic carbocycles. The monoisotopic (exact) mass is 241 g/mol. The first-order valence-corrected chi connectivity index (χ1v) is 5.01. The van der Waals surface area contributed by atoms with Crippen LogP contribution in [0.5, 0.6) is 11.5 Å². The minimum absolute atomic E-state index is 0.0560. The predicted molar refractivity (Wildman–Crippen MR) is 60.0 cm³/mol. The Morgan fingerprint density at radius 1 is 1.47 bits per heavy atom. The van der Waals surface area contributed by atoms with Crippen molar-refractivity contribution in [3.63, 3.8) is 0 Å². The minimum atomic E-state index is -0.588. The summed E-state index contributed by atoms with van der Waals surface area (Å²) in [5.41, 5.74) is -0.0560. The van der Waals surface area contributed by atoms with Crippen LogP contribution in [0.2, 0.25) is 0 Å². The second-order valence-electron chi connectivity index (χ2n) is 3.48. The van der Waals surface area contributed by atoms with E-state index in [-0.39, 0.29) is 24.5 Å². The Morgan fingerprint density at radius 3 is 2.76 bits per heavy atom. The third-order valence-corrected chi connectivity index (χ3v) is 2.18. The molecule has 1 aromatic carbocycles. The van der Waals surface area contributed by atoms with Crippen LogP contribution in [-0.4, -0.2) is 47.6 Å². The number of nitrogens with one attached hydrogen (secondary N) is 1. The van der Waals surface area contributed by atoms with Crippen LogP contribution in [0.4, 0.5) is 0 Å². The van der Waals surface area contributed by atoms with E-state index in [4.69, 9.17) is 9.84 Å². The largest absolute Gasteiger partial charge is 0.504 e. The topological polar surface area (TPSA) is 99.0 Å². The molecule has 0 fully saturated rings. The molecule has 0 aliphatic rings. The Bertz CT molecular complexity index is 393. The van der Waals surface area contributed by atoms with E-state index in [0.717, 1.165) is 0 Å². The number of phenols is 2. The van der Waals surface area contributed by atoms with Gasteiger partial charge in [0, 0.05) is 7.11 Å². The van der Waals surface area contributed by atoms with Gasteiger partial charge >= 0.3 is 0 Å². The van der Waals surface area contributed by atoms with Crippen LogP contribution in [0.3, 0.4) is 0 Å². The van der Waals surface area contributed by atoms with E-state index >= 15 is 0 Å². The molecule has 0 bridgehead atoms. The van der Waals surface area contributed by atoms with Crippen LogP contribution >= 0.6 is 0 Å². The van der Waals surface area contributed by atoms with E-state index in [2.05, 4.69) is 5.32 Å². The fourth-order valence-electron chi connectivity index (χ4n) is 1.32. The zero-order chi connectivity index (χ0) is 12.8. The van der Waals surface area contributed by atoms with Gasteiger partial charge in [0.05, 0.1) is 24.8 Å². The average molecular weight is 241 g/mol. The second-order valence-corrected chi connectivity index (χ2v) is 3.48. The van der Waals surface area contributed by atoms with Gasteiger partial charge in [0.1, 0.15) is 0 Å². The van der Waals surface area contributed by atoms with Crippen molar-refractivity contribution in [1.29, 1.82) is 0 Å². The van der Waals surface area contributed by atoms with Crippen molar-refractivity contribution in [2.75, 3.05) is 20.3 Å². The van der Waals surface area contributed by atoms with Crippen molar-refractivity contribution < 1.29 is 24.9 Å². The first kappa shape index (κ1) is 13.3. The molecule has 1 aromatic rings. The summed E-state index contributed by atoms with van der Waals surface area (Å²) in [7, 11) is 1.45. The molecule has 6 heteroatoms. The van der Waals surface area contributed by atoms with Crippen molar-refractivity contribution >= 4 is 5.91 Å². The zero-order valence-corrected chi connectivity index (χ0v) is 9.38. The molecule has 0 aromatic heterocycles. The van der Waals surface area contributed by atoms with Crippen molar-refractivity contribution in [3.05, 3.63) is 23.8 Å². The number of aromatic hydroxyl groups is 2. The molecule has 1 atom stereocenters. The van der Waals surface area contributed by atoms with Gasteiger partial charge in [-0.2, -0.15) is 0 Å². The Hall–Kier alpha value is -1.79. The van der Waals surface area contributed by atoms with Gasteiger partial charge in [0.25, 0.3) is 5.91 Å². The van der Waals surface area contributed by atoms with Gasteiger partial charge in [-0.3, -0.25) is 4.79 Å². The Labute approximate surface area is 98.5 Å². The van der Waals surface area contributed by atoms with E-state index in [1.165, 1.54) is 25.3 Å². The Balaban J connectivity index is 2.79. The second kappa shape index (κ2) is 6.07. The minimum Gasteiger partial charge on any atom is -0.504 e. The average Bonchev–Trinajstić information content (AvgIpc) is 2.31. The maximum Gasteiger partial charge on any atom is 0.255 e. The highest BCUT2D eigenvalue weighted by Gasteiger charge is 2.17. The summed E-state index contributed by atoms with van der Waals surface area (Å²) in [6, 6.07) is 3.51. The molecule has 17 heavy (non-hydrogen) atoms. The van der Waals surface area contributed by atoms with Gasteiger partial charge in [-0.15, -0.1) is 0 Å². The van der Waals surface area contributed by atoms with Crippen LogP contribution in [0, 0.1) is 0 Å². The van der Waals surface area contributed by atoms with Crippen LogP contribution in [-0.2, 0) is 4.74 Å². The number of aliphatic hydroxyl groups is 1. The number of ether oxygens (including phenoxy) is 1. The van der Waals surface area contributed by atoms with Gasteiger partial charge in [0.15, 0.2) is 11.5 Å². The number of methoxy groups -OCH3 is 1. The highest BCUT2D eigenvalue weighted by atomic mass is 16.5. The molecular formula is C11H15NO5. The standard InChI is InChI=1S/C11H15NO5/c1-17-6-7(5-13)12-11(16)8-3-2-4-9(14)10(8)15/h2-4,7,13-15H,5-6H2,1H3,(H,12,16). The molecule has 4 N–H and O–H groups in total. The van der Waals surface area contributed by atoms with E-state index in [1.807, 2.05) is 0 Å². The fraction of sp³-hybridized carbons (Fsp3) is 0.364. The van der Waals surface area contributed by atoms with Gasteiger partial charge < -0.3 is 25.4 Å². The molecule has 1 amide bonds. The van der Waals surface area contributed by atoms with Gasteiger partial charge in [-0.25, -0.2) is 0 Å². The lowest BCUT2D eigenvalue weighted by Gasteiger charge is -2.15. The number of phenolic OH excluding ortho intramolecular Hbond substituents is 2. The SMILES string of the molecule is COCC(CO)NC(=O)c1cccc(O)c1O. The van der Waals surface area contributed by atoms with Gasteiger partial charge in [-0.05, 0) is 12.1 Å². The Kier molecular flexibility index (Phi) is 4.74. The molecule has 6 nitrogen and oxygen atoms in total. The summed E-state index contributed by atoms with van der Waals surface area (Å²) in [4.78, 5) is 11.7. The van der Waals surface area contributed by atoms with Crippen LogP contribution < -0.4 is 5.32 Å². The van der Waals surface area contributed by atoms with Crippen LogP contribution in [0.15, 0.2) is 18.2 Å². The number of hydrogen-bond acceptors (Lipinski definition) is 5. The van der Waals surface area contributed by atoms with E-state index in [1.54, 1.807) is 0 Å². The maximum atomic E-state index is 11.7. The van der Waals surface area contributed by atoms with Crippen LogP contribution in [0.1, 0.15) is 10.4 Å². The van der Waals surface area contributed by atoms with E-state index in [0.29, 0.717) is 0 Å². The lowest BCUT2D eigenvalue weighted by molar-refractivity contribution is 0.0836. The molecule has 0 aliphatic heterocycles. The van der Waals surface area contributed by atoms with Crippen molar-refractivity contribution in [3.8, 4) is 11.5 Å². The molecule has 0 spiro atoms. The third-order valence-electron chi connectivity index (χ3n) is 2.18. The molecular weight excluding hydrogens is 226 g/mol.